The molecule has 3 rings (SSSR count). The molecule has 0 spiro atoms. The van der Waals surface area contributed by atoms with E-state index in [0.717, 1.165) is 58.8 Å². The molecule has 2 heterocycles. The van der Waals surface area contributed by atoms with E-state index in [4.69, 9.17) is 0 Å². The van der Waals surface area contributed by atoms with Gasteiger partial charge in [0.2, 0.25) is 5.91 Å². The van der Waals surface area contributed by atoms with Gasteiger partial charge in [0.1, 0.15) is 0 Å². The van der Waals surface area contributed by atoms with Crippen molar-refractivity contribution < 1.29 is 4.79 Å². The Balaban J connectivity index is 0.00000176. The maximum atomic E-state index is 12.7. The molecule has 8 heteroatoms. The number of hydrogen-bond acceptors (Lipinski definition) is 4. The van der Waals surface area contributed by atoms with Crippen molar-refractivity contribution in [2.24, 2.45) is 11.3 Å². The summed E-state index contributed by atoms with van der Waals surface area (Å²) in [6.45, 7) is 8.26. The van der Waals surface area contributed by atoms with Crippen molar-refractivity contribution in [2.75, 3.05) is 59.4 Å². The van der Waals surface area contributed by atoms with Crippen molar-refractivity contribution in [1.29, 1.82) is 0 Å². The quantitative estimate of drug-likeness (QED) is 0.745. The highest BCUT2D eigenvalue weighted by Gasteiger charge is 2.49. The molecule has 0 unspecified atom stereocenters. The minimum absolute atomic E-state index is 0. The zero-order valence-corrected chi connectivity index (χ0v) is 17.0. The van der Waals surface area contributed by atoms with Gasteiger partial charge in [-0.15, -0.1) is 37.2 Å². The van der Waals surface area contributed by atoms with Gasteiger partial charge in [0, 0.05) is 45.8 Å². The maximum absolute atomic E-state index is 12.7. The van der Waals surface area contributed by atoms with Gasteiger partial charge in [0.15, 0.2) is 0 Å². The van der Waals surface area contributed by atoms with Gasteiger partial charge in [0.05, 0.1) is 5.41 Å². The molecule has 2 saturated heterocycles. The summed E-state index contributed by atoms with van der Waals surface area (Å²) in [5.41, 5.74) is -0.0969. The number of rotatable bonds is 4. The Hall–Kier alpha value is 0.220. The molecule has 3 fully saturated rings. The number of halogens is 3. The van der Waals surface area contributed by atoms with Gasteiger partial charge in [-0.05, 0) is 32.4 Å². The second-order valence-electron chi connectivity index (χ2n) is 7.13. The van der Waals surface area contributed by atoms with Gasteiger partial charge < -0.3 is 15.5 Å². The number of fused-ring (bicyclic) bond motifs is 1. The van der Waals surface area contributed by atoms with E-state index in [2.05, 4.69) is 27.5 Å². The predicted octanol–water partition coefficient (Wildman–Crippen LogP) is 1.40. The molecule has 144 valence electrons. The lowest BCUT2D eigenvalue weighted by Gasteiger charge is -2.37. The van der Waals surface area contributed by atoms with Crippen LogP contribution in [0.25, 0.3) is 0 Å². The molecule has 1 saturated carbocycles. The summed E-state index contributed by atoms with van der Waals surface area (Å²) in [4.78, 5) is 17.5. The molecule has 2 atom stereocenters. The Labute approximate surface area is 164 Å². The number of hydrogen-bond donors (Lipinski definition) is 2. The van der Waals surface area contributed by atoms with Crippen LogP contribution < -0.4 is 10.6 Å². The summed E-state index contributed by atoms with van der Waals surface area (Å²) in [6, 6.07) is 0. The average molecular weight is 404 g/mol. The molecule has 0 aromatic carbocycles. The minimum Gasteiger partial charge on any atom is -0.354 e. The molecular weight excluding hydrogens is 371 g/mol. The summed E-state index contributed by atoms with van der Waals surface area (Å²) in [6.07, 6.45) is 4.80. The molecule has 2 aliphatic heterocycles. The van der Waals surface area contributed by atoms with E-state index in [-0.39, 0.29) is 42.6 Å². The molecule has 0 bridgehead atoms. The van der Waals surface area contributed by atoms with Crippen molar-refractivity contribution in [3.63, 3.8) is 0 Å². The highest BCUT2D eigenvalue weighted by atomic mass is 35.5. The van der Waals surface area contributed by atoms with E-state index in [1.54, 1.807) is 0 Å². The van der Waals surface area contributed by atoms with Crippen LogP contribution in [0.3, 0.4) is 0 Å². The summed E-state index contributed by atoms with van der Waals surface area (Å²) >= 11 is 0. The van der Waals surface area contributed by atoms with Crippen molar-refractivity contribution in [3.05, 3.63) is 0 Å². The minimum atomic E-state index is -0.0969. The number of likely N-dealkylation sites (N-methyl/N-ethyl adjacent to an activating group) is 1. The van der Waals surface area contributed by atoms with Crippen molar-refractivity contribution in [1.82, 2.24) is 20.4 Å². The predicted molar refractivity (Wildman–Crippen MR) is 106 cm³/mol. The molecule has 1 aliphatic carbocycles. The molecule has 3 aliphatic rings. The van der Waals surface area contributed by atoms with E-state index in [1.165, 1.54) is 19.3 Å². The topological polar surface area (TPSA) is 47.6 Å². The van der Waals surface area contributed by atoms with Gasteiger partial charge in [-0.1, -0.05) is 12.8 Å². The third-order valence-electron chi connectivity index (χ3n) is 5.80. The Morgan fingerprint density at radius 3 is 2.58 bits per heavy atom. The van der Waals surface area contributed by atoms with Gasteiger partial charge in [-0.2, -0.15) is 0 Å². The van der Waals surface area contributed by atoms with Crippen LogP contribution in [-0.4, -0.2) is 75.1 Å². The summed E-state index contributed by atoms with van der Waals surface area (Å²) in [5.74, 6) is 0.876. The molecule has 2 N–H and O–H groups in total. The first-order valence-corrected chi connectivity index (χ1v) is 8.61. The first-order chi connectivity index (χ1) is 10.2. The zero-order valence-electron chi connectivity index (χ0n) is 14.6. The second kappa shape index (κ2) is 11.0. The largest absolute Gasteiger partial charge is 0.354 e. The lowest BCUT2D eigenvalue weighted by molar-refractivity contribution is -0.134. The van der Waals surface area contributed by atoms with Gasteiger partial charge in [0.25, 0.3) is 0 Å². The highest BCUT2D eigenvalue weighted by molar-refractivity contribution is 5.86. The average Bonchev–Trinajstić information content (AvgIpc) is 2.94. The maximum Gasteiger partial charge on any atom is 0.227 e. The van der Waals surface area contributed by atoms with Crippen molar-refractivity contribution in [2.45, 2.75) is 25.7 Å². The Bertz CT molecular complexity index is 380. The first kappa shape index (κ1) is 24.2. The zero-order chi connectivity index (χ0) is 14.7. The molecule has 0 radical (unpaired) electrons. The van der Waals surface area contributed by atoms with Crippen LogP contribution >= 0.6 is 37.2 Å². The smallest absolute Gasteiger partial charge is 0.227 e. The second-order valence-corrected chi connectivity index (χ2v) is 7.13. The summed E-state index contributed by atoms with van der Waals surface area (Å²) < 4.78 is 0. The van der Waals surface area contributed by atoms with Gasteiger partial charge in [-0.3, -0.25) is 9.69 Å². The lowest BCUT2D eigenvalue weighted by atomic mass is 9.67. The third kappa shape index (κ3) is 5.36. The molecular formula is C16H33Cl3N4O. The normalized spacial score (nSPS) is 30.3. The summed E-state index contributed by atoms with van der Waals surface area (Å²) in [7, 11) is 2.18. The van der Waals surface area contributed by atoms with Crippen molar-refractivity contribution >= 4 is 43.1 Å². The lowest BCUT2D eigenvalue weighted by Crippen LogP contribution is -2.51. The Kier molecular flexibility index (Phi) is 11.1. The van der Waals surface area contributed by atoms with E-state index in [1.807, 2.05) is 0 Å². The molecule has 0 aromatic rings. The fraction of sp³-hybridized carbons (Fsp3) is 0.938. The highest BCUT2D eigenvalue weighted by Crippen LogP contribution is 2.43. The fourth-order valence-corrected chi connectivity index (χ4v) is 4.27. The van der Waals surface area contributed by atoms with E-state index in [0.29, 0.717) is 11.8 Å². The number of carbonyl (C=O) groups excluding carboxylic acids is 1. The van der Waals surface area contributed by atoms with Gasteiger partial charge >= 0.3 is 0 Å². The van der Waals surface area contributed by atoms with Crippen molar-refractivity contribution in [3.8, 4) is 0 Å². The van der Waals surface area contributed by atoms with E-state index >= 15 is 0 Å². The van der Waals surface area contributed by atoms with E-state index < -0.39 is 0 Å². The number of carbonyl (C=O) groups is 1. The van der Waals surface area contributed by atoms with Crippen LogP contribution in [0.2, 0.25) is 0 Å². The van der Waals surface area contributed by atoms with Crippen LogP contribution in [-0.2, 0) is 4.79 Å². The summed E-state index contributed by atoms with van der Waals surface area (Å²) in [5, 5.41) is 6.69. The van der Waals surface area contributed by atoms with Crippen LogP contribution in [0.4, 0.5) is 0 Å². The Morgan fingerprint density at radius 2 is 1.88 bits per heavy atom. The monoisotopic (exact) mass is 402 g/mol. The van der Waals surface area contributed by atoms with Crippen LogP contribution in [0.5, 0.6) is 0 Å². The van der Waals surface area contributed by atoms with E-state index in [9.17, 15) is 4.79 Å². The van der Waals surface area contributed by atoms with Crippen LogP contribution in [0.15, 0.2) is 0 Å². The van der Waals surface area contributed by atoms with Crippen LogP contribution in [0.1, 0.15) is 25.7 Å². The standard InChI is InChI=1S/C16H30N4O.3ClH/c1-19-8-10-20(11-9-19)7-6-18-15(21)16-5-3-2-4-14(16)12-17-13-16;;;/h14,17H,2-13H2,1H3,(H,18,21);3*1H/t14-,16+;;;/m0.../s1. The SMILES string of the molecule is CN1CCN(CCNC(=O)[C@@]23CCCC[C@H]2CNC3)CC1.Cl.Cl.Cl. The first-order valence-electron chi connectivity index (χ1n) is 8.61. The number of amides is 1. The number of nitrogens with one attached hydrogen (secondary N) is 2. The number of piperazine rings is 1. The molecule has 0 aromatic heterocycles. The number of nitrogens with zero attached hydrogens (tertiary/aromatic N) is 2. The Morgan fingerprint density at radius 1 is 1.17 bits per heavy atom. The molecule has 1 amide bonds. The third-order valence-corrected chi connectivity index (χ3v) is 5.80. The molecule has 5 nitrogen and oxygen atoms in total. The molecule has 24 heavy (non-hydrogen) atoms. The van der Waals surface area contributed by atoms with Gasteiger partial charge in [-0.25, -0.2) is 0 Å². The fourth-order valence-electron chi connectivity index (χ4n) is 4.27. The van der Waals surface area contributed by atoms with Crippen LogP contribution in [0, 0.1) is 11.3 Å².